The second-order valence-electron chi connectivity index (χ2n) is 28.9. The van der Waals surface area contributed by atoms with E-state index < -0.39 is 0 Å². The van der Waals surface area contributed by atoms with E-state index >= 15 is 0 Å². The van der Waals surface area contributed by atoms with Gasteiger partial charge in [-0.15, -0.1) is 0 Å². The number of benzene rings is 16. The third-order valence-electron chi connectivity index (χ3n) is 22.3. The van der Waals surface area contributed by atoms with Crippen molar-refractivity contribution in [1.82, 2.24) is 48.2 Å². The summed E-state index contributed by atoms with van der Waals surface area (Å²) in [6.45, 7) is 0. The zero-order valence-corrected chi connectivity index (χ0v) is 61.1. The van der Waals surface area contributed by atoms with Crippen LogP contribution in [0.5, 0.6) is 0 Å². The highest BCUT2D eigenvalue weighted by Crippen LogP contribution is 2.47. The van der Waals surface area contributed by atoms with E-state index in [1.165, 1.54) is 32.3 Å². The van der Waals surface area contributed by atoms with Crippen LogP contribution in [0, 0.1) is 0 Å². The molecular weight excluding hydrogens is 1400 g/mol. The second-order valence-corrected chi connectivity index (χ2v) is 28.9. The van der Waals surface area contributed by atoms with E-state index in [1.54, 1.807) is 0 Å². The highest BCUT2D eigenvalue weighted by atomic mass is 16.3. The monoisotopic (exact) mass is 1460 g/mol. The largest absolute Gasteiger partial charge is 0.456 e. The van der Waals surface area contributed by atoms with Gasteiger partial charge in [-0.2, -0.15) is 0 Å². The maximum absolute atomic E-state index is 6.69. The Kier molecular flexibility index (Phi) is 14.7. The fraction of sp³-hybridized carbons (Fsp3) is 0. The van der Waals surface area contributed by atoms with E-state index in [2.05, 4.69) is 255 Å². The molecule has 8 heterocycles. The zero-order valence-electron chi connectivity index (χ0n) is 61.1. The minimum Gasteiger partial charge on any atom is -0.456 e. The average Bonchev–Trinajstić information content (AvgIpc) is 1.56. The molecule has 0 aliphatic heterocycles. The summed E-state index contributed by atoms with van der Waals surface area (Å²) in [7, 11) is 0. The molecule has 0 N–H and O–H groups in total. The van der Waals surface area contributed by atoms with Gasteiger partial charge in [0.15, 0.2) is 34.9 Å². The molecule has 0 aliphatic rings. The van der Waals surface area contributed by atoms with Gasteiger partial charge in [0.1, 0.15) is 22.3 Å². The molecule has 0 atom stereocenters. The van der Waals surface area contributed by atoms with Crippen molar-refractivity contribution < 1.29 is 8.83 Å². The van der Waals surface area contributed by atoms with Gasteiger partial charge in [-0.05, 0) is 127 Å². The number of nitrogens with zero attached hydrogens (tertiary/aromatic N) is 10. The molecule has 0 bridgehead atoms. The third-order valence-corrected chi connectivity index (χ3v) is 22.3. The molecule has 0 spiro atoms. The van der Waals surface area contributed by atoms with E-state index in [9.17, 15) is 0 Å². The molecule has 114 heavy (non-hydrogen) atoms. The third kappa shape index (κ3) is 10.5. The molecule has 0 radical (unpaired) electrons. The maximum Gasteiger partial charge on any atom is 0.164 e. The van der Waals surface area contributed by atoms with Crippen molar-refractivity contribution in [3.05, 3.63) is 376 Å². The molecule has 12 heteroatoms. The van der Waals surface area contributed by atoms with Crippen molar-refractivity contribution in [2.75, 3.05) is 0 Å². The van der Waals surface area contributed by atoms with Crippen molar-refractivity contribution in [3.63, 3.8) is 0 Å². The Labute approximate surface area is 651 Å². The average molecular weight is 1460 g/mol. The quantitative estimate of drug-likeness (QED) is 0.133. The van der Waals surface area contributed by atoms with Gasteiger partial charge in [-0.1, -0.05) is 243 Å². The van der Waals surface area contributed by atoms with Crippen LogP contribution in [0.3, 0.4) is 0 Å². The van der Waals surface area contributed by atoms with Crippen LogP contribution in [0.1, 0.15) is 0 Å². The Balaban J connectivity index is 0.000000135. The summed E-state index contributed by atoms with van der Waals surface area (Å²) < 4.78 is 22.6. The summed E-state index contributed by atoms with van der Waals surface area (Å²) in [6.07, 6.45) is 0. The lowest BCUT2D eigenvalue weighted by molar-refractivity contribution is 0.669. The molecule has 0 amide bonds. The van der Waals surface area contributed by atoms with Crippen LogP contribution in [0.15, 0.2) is 385 Å². The topological polar surface area (TPSA) is 123 Å². The van der Waals surface area contributed by atoms with Gasteiger partial charge < -0.3 is 27.1 Å². The van der Waals surface area contributed by atoms with Crippen molar-refractivity contribution in [1.29, 1.82) is 0 Å². The van der Waals surface area contributed by atoms with Gasteiger partial charge in [0.25, 0.3) is 0 Å². The van der Waals surface area contributed by atoms with Crippen molar-refractivity contribution >= 4 is 131 Å². The minimum absolute atomic E-state index is 0.617. The Bertz CT molecular complexity index is 7830. The van der Waals surface area contributed by atoms with Crippen LogP contribution in [-0.4, -0.2) is 48.2 Å². The Hall–Kier alpha value is -15.7. The van der Waals surface area contributed by atoms with Crippen LogP contribution < -0.4 is 0 Å². The number of fused-ring (bicyclic) bond motifs is 19. The predicted molar refractivity (Wildman–Crippen MR) is 464 cm³/mol. The lowest BCUT2D eigenvalue weighted by atomic mass is 10.1. The van der Waals surface area contributed by atoms with E-state index in [0.717, 1.165) is 155 Å². The van der Waals surface area contributed by atoms with Gasteiger partial charge in [0.2, 0.25) is 0 Å². The zero-order chi connectivity index (χ0) is 74.9. The van der Waals surface area contributed by atoms with Gasteiger partial charge in [-0.3, -0.25) is 0 Å². The Morgan fingerprint density at radius 1 is 0.167 bits per heavy atom. The highest BCUT2D eigenvalue weighted by Gasteiger charge is 2.26. The molecule has 8 aromatic heterocycles. The van der Waals surface area contributed by atoms with E-state index in [4.69, 9.17) is 38.7 Å². The number of furan rings is 2. The normalized spacial score (nSPS) is 11.9. The minimum atomic E-state index is 0.617. The lowest BCUT2D eigenvalue weighted by Gasteiger charge is -2.12. The molecule has 532 valence electrons. The van der Waals surface area contributed by atoms with Crippen molar-refractivity contribution in [2.24, 2.45) is 0 Å². The van der Waals surface area contributed by atoms with Crippen molar-refractivity contribution in [2.45, 2.75) is 0 Å². The number of rotatable bonds is 10. The van der Waals surface area contributed by atoms with Crippen molar-refractivity contribution in [3.8, 4) is 91.1 Å². The smallest absolute Gasteiger partial charge is 0.164 e. The van der Waals surface area contributed by atoms with Gasteiger partial charge in [0, 0.05) is 121 Å². The molecule has 0 saturated heterocycles. The van der Waals surface area contributed by atoms with E-state index in [-0.39, 0.29) is 0 Å². The first-order chi connectivity index (χ1) is 56.5. The van der Waals surface area contributed by atoms with Gasteiger partial charge in [0.05, 0.1) is 49.5 Å². The molecular formula is C102H62N10O2. The van der Waals surface area contributed by atoms with Crippen LogP contribution in [0.4, 0.5) is 0 Å². The van der Waals surface area contributed by atoms with E-state index in [0.29, 0.717) is 34.9 Å². The Morgan fingerprint density at radius 2 is 0.509 bits per heavy atom. The SMILES string of the molecule is c1ccc(-c2nc(-c3ccccc3)nc(-c3ccc(-n4c5ccccc5c5cc6c(cc54)c4cc5c(cc4n6-c4ccccc4)oc4ccccc45)cc3)n2)cc1.c1ccc(-c2nc(-c3ccccc3)nc(-c3cccc(-n4c5ccccc5c5cc6c7c8oc9ccccc9c8ccc7n(-c7ccccc7)c6cc54)c3)n2)cc1. The highest BCUT2D eigenvalue weighted by molar-refractivity contribution is 6.27. The molecule has 24 aromatic rings. The summed E-state index contributed by atoms with van der Waals surface area (Å²) in [5, 5.41) is 13.8. The molecule has 0 saturated carbocycles. The number of hydrogen-bond donors (Lipinski definition) is 0. The molecule has 0 aliphatic carbocycles. The summed E-state index contributed by atoms with van der Waals surface area (Å²) in [5.41, 5.74) is 22.4. The molecule has 12 nitrogen and oxygen atoms in total. The summed E-state index contributed by atoms with van der Waals surface area (Å²) in [6, 6.07) is 131. The fourth-order valence-corrected chi connectivity index (χ4v) is 17.1. The van der Waals surface area contributed by atoms with E-state index in [1.807, 2.05) is 140 Å². The molecule has 16 aromatic carbocycles. The fourth-order valence-electron chi connectivity index (χ4n) is 17.1. The molecule has 24 rings (SSSR count). The van der Waals surface area contributed by atoms with Crippen LogP contribution in [0.25, 0.3) is 222 Å². The number of aromatic nitrogens is 10. The first kappa shape index (κ1) is 64.3. The van der Waals surface area contributed by atoms with Crippen LogP contribution in [-0.2, 0) is 0 Å². The maximum atomic E-state index is 6.69. The van der Waals surface area contributed by atoms with Crippen LogP contribution in [0.2, 0.25) is 0 Å². The van der Waals surface area contributed by atoms with Crippen LogP contribution >= 0.6 is 0 Å². The number of para-hydroxylation sites is 6. The molecule has 0 fully saturated rings. The summed E-state index contributed by atoms with van der Waals surface area (Å²) in [5.74, 6) is 3.81. The standard InChI is InChI=1S/2C51H31N5O/c1-4-15-32(16-5-1)49-52-50(33-17-6-2-7-18-33)54-51(53-49)34-19-14-22-36(29-34)56-42-25-12-10-23-37(42)40-30-41-45(31-44(40)56)55(35-20-8-3-9-21-35)43-28-27-39-38-24-11-13-26-46(38)57-48(39)47(41)43;1-4-14-32(15-5-1)49-52-50(33-16-6-2-7-17-33)54-51(53-49)34-24-26-36(27-25-34)55-43-22-12-10-20-37(43)40-29-45-41(30-44(40)55)39-28-42-38-21-11-13-23-47(38)57-48(42)31-46(39)56(45)35-18-8-3-9-19-35/h2*1-31H. The summed E-state index contributed by atoms with van der Waals surface area (Å²) >= 11 is 0. The molecule has 0 unspecified atom stereocenters. The van der Waals surface area contributed by atoms with Gasteiger partial charge >= 0.3 is 0 Å². The number of hydrogen-bond acceptors (Lipinski definition) is 8. The summed E-state index contributed by atoms with van der Waals surface area (Å²) in [4.78, 5) is 29.9. The lowest BCUT2D eigenvalue weighted by Crippen LogP contribution is -2.01. The second kappa shape index (κ2) is 26.0. The predicted octanol–water partition coefficient (Wildman–Crippen LogP) is 25.9. The first-order valence-corrected chi connectivity index (χ1v) is 38.2. The first-order valence-electron chi connectivity index (χ1n) is 38.2. The Morgan fingerprint density at radius 3 is 1.04 bits per heavy atom. The van der Waals surface area contributed by atoms with Gasteiger partial charge in [-0.25, -0.2) is 29.9 Å².